The molecular weight excluding hydrogens is 352 g/mol. The minimum Gasteiger partial charge on any atom is -0.489 e. The van der Waals surface area contributed by atoms with Gasteiger partial charge >= 0.3 is 0 Å². The number of benzene rings is 1. The molecule has 0 bridgehead atoms. The van der Waals surface area contributed by atoms with Crippen molar-refractivity contribution in [2.24, 2.45) is 0 Å². The molecular formula is C15H13ClN4OS2. The monoisotopic (exact) mass is 364 g/mol. The first kappa shape index (κ1) is 16.0. The number of pyridine rings is 1. The molecule has 2 aromatic heterocycles. The number of nitrogens with two attached hydrogens (primary N) is 1. The van der Waals surface area contributed by atoms with E-state index in [4.69, 9.17) is 22.1 Å². The summed E-state index contributed by atoms with van der Waals surface area (Å²) in [6.07, 6.45) is 3.52. The second-order valence-electron chi connectivity index (χ2n) is 4.60. The third kappa shape index (κ3) is 4.57. The predicted octanol–water partition coefficient (Wildman–Crippen LogP) is 4.04. The number of anilines is 1. The van der Waals surface area contributed by atoms with Crippen LogP contribution in [0.15, 0.2) is 47.1 Å². The Morgan fingerprint density at radius 2 is 2.17 bits per heavy atom. The number of aromatic nitrogens is 3. The molecule has 0 aliphatic heterocycles. The first-order valence-corrected chi connectivity index (χ1v) is 8.90. The Labute approximate surface area is 146 Å². The summed E-state index contributed by atoms with van der Waals surface area (Å²) in [4.78, 5) is 4.08. The zero-order valence-corrected chi connectivity index (χ0v) is 14.4. The molecule has 23 heavy (non-hydrogen) atoms. The molecule has 1 aromatic carbocycles. The summed E-state index contributed by atoms with van der Waals surface area (Å²) >= 11 is 9.02. The lowest BCUT2D eigenvalue weighted by Crippen LogP contribution is -1.98. The minimum atomic E-state index is 0.457. The van der Waals surface area contributed by atoms with E-state index in [1.54, 1.807) is 24.2 Å². The first-order chi connectivity index (χ1) is 11.2. The second kappa shape index (κ2) is 7.63. The average molecular weight is 365 g/mol. The molecule has 0 fully saturated rings. The Hall–Kier alpha value is -1.83. The van der Waals surface area contributed by atoms with Gasteiger partial charge in [-0.25, -0.2) is 0 Å². The van der Waals surface area contributed by atoms with Crippen molar-refractivity contribution in [3.05, 3.63) is 58.9 Å². The highest BCUT2D eigenvalue weighted by atomic mass is 35.5. The van der Waals surface area contributed by atoms with Crippen molar-refractivity contribution >= 4 is 39.8 Å². The van der Waals surface area contributed by atoms with Crippen LogP contribution in [-0.4, -0.2) is 15.2 Å². The summed E-state index contributed by atoms with van der Waals surface area (Å²) in [7, 11) is 0. The summed E-state index contributed by atoms with van der Waals surface area (Å²) in [5, 5.41) is 8.94. The number of nitrogen functional groups attached to an aromatic ring is 1. The number of halogens is 1. The molecule has 2 N–H and O–H groups in total. The summed E-state index contributed by atoms with van der Waals surface area (Å²) in [5.41, 5.74) is 7.61. The Kier molecular flexibility index (Phi) is 5.32. The highest BCUT2D eigenvalue weighted by Crippen LogP contribution is 2.32. The van der Waals surface area contributed by atoms with Gasteiger partial charge in [0, 0.05) is 34.3 Å². The van der Waals surface area contributed by atoms with E-state index in [-0.39, 0.29) is 0 Å². The molecule has 3 aromatic rings. The third-order valence-corrected chi connectivity index (χ3v) is 5.08. The largest absolute Gasteiger partial charge is 0.489 e. The molecule has 0 aliphatic carbocycles. The van der Waals surface area contributed by atoms with E-state index in [0.29, 0.717) is 22.5 Å². The highest BCUT2D eigenvalue weighted by molar-refractivity contribution is 8.00. The zero-order valence-electron chi connectivity index (χ0n) is 12.0. The van der Waals surface area contributed by atoms with Gasteiger partial charge in [-0.05, 0) is 24.3 Å². The van der Waals surface area contributed by atoms with Gasteiger partial charge in [0.1, 0.15) is 12.4 Å². The highest BCUT2D eigenvalue weighted by Gasteiger charge is 2.09. The second-order valence-corrected chi connectivity index (χ2v) is 7.26. The number of nitrogens with zero attached hydrogens (tertiary/aromatic N) is 3. The molecule has 0 saturated carbocycles. The molecule has 118 valence electrons. The molecule has 0 aliphatic rings. The fourth-order valence-corrected chi connectivity index (χ4v) is 3.67. The summed E-state index contributed by atoms with van der Waals surface area (Å²) in [5.74, 6) is 1.47. The maximum Gasteiger partial charge on any atom is 0.203 e. The van der Waals surface area contributed by atoms with Crippen LogP contribution in [0.25, 0.3) is 0 Å². The molecule has 0 saturated heterocycles. The molecule has 8 heteroatoms. The fourth-order valence-electron chi connectivity index (χ4n) is 1.86. The standard InChI is InChI=1S/C15H13ClN4OS2/c16-12-3-4-13(21-8-10-2-1-5-18-7-10)11(6-12)9-22-15-20-19-14(17)23-15/h1-7H,8-9H2,(H2,17,19). The van der Waals surface area contributed by atoms with Crippen LogP contribution in [0.3, 0.4) is 0 Å². The molecule has 0 radical (unpaired) electrons. The summed E-state index contributed by atoms with van der Waals surface area (Å²) < 4.78 is 6.72. The van der Waals surface area contributed by atoms with Crippen molar-refractivity contribution in [3.8, 4) is 5.75 Å². The first-order valence-electron chi connectivity index (χ1n) is 6.72. The predicted molar refractivity (Wildman–Crippen MR) is 93.9 cm³/mol. The van der Waals surface area contributed by atoms with Gasteiger partial charge in [0.15, 0.2) is 4.34 Å². The van der Waals surface area contributed by atoms with Gasteiger partial charge in [0.2, 0.25) is 5.13 Å². The Bertz CT molecular complexity index is 782. The topological polar surface area (TPSA) is 73.9 Å². The van der Waals surface area contributed by atoms with Gasteiger partial charge in [-0.15, -0.1) is 10.2 Å². The number of hydrogen-bond donors (Lipinski definition) is 1. The number of rotatable bonds is 6. The Balaban J connectivity index is 1.69. The van der Waals surface area contributed by atoms with Gasteiger partial charge in [0.05, 0.1) is 0 Å². The van der Waals surface area contributed by atoms with E-state index < -0.39 is 0 Å². The number of ether oxygens (including phenoxy) is 1. The molecule has 0 spiro atoms. The van der Waals surface area contributed by atoms with Crippen molar-refractivity contribution in [1.29, 1.82) is 0 Å². The molecule has 2 heterocycles. The minimum absolute atomic E-state index is 0.457. The van der Waals surface area contributed by atoms with Crippen molar-refractivity contribution < 1.29 is 4.74 Å². The SMILES string of the molecule is Nc1nnc(SCc2cc(Cl)ccc2OCc2cccnc2)s1. The van der Waals surface area contributed by atoms with Gasteiger partial charge in [-0.1, -0.05) is 40.8 Å². The Morgan fingerprint density at radius 1 is 1.26 bits per heavy atom. The summed E-state index contributed by atoms with van der Waals surface area (Å²) in [6.45, 7) is 0.457. The van der Waals surface area contributed by atoms with E-state index in [1.165, 1.54) is 11.3 Å². The number of hydrogen-bond acceptors (Lipinski definition) is 7. The smallest absolute Gasteiger partial charge is 0.203 e. The van der Waals surface area contributed by atoms with E-state index >= 15 is 0 Å². The molecule has 0 unspecified atom stereocenters. The number of thioether (sulfide) groups is 1. The summed E-state index contributed by atoms with van der Waals surface area (Å²) in [6, 6.07) is 9.45. The van der Waals surface area contributed by atoms with Gasteiger partial charge in [-0.3, -0.25) is 4.98 Å². The lowest BCUT2D eigenvalue weighted by Gasteiger charge is -2.11. The van der Waals surface area contributed by atoms with Crippen LogP contribution in [0.2, 0.25) is 5.02 Å². The molecule has 0 amide bonds. The van der Waals surface area contributed by atoms with Crippen molar-refractivity contribution in [1.82, 2.24) is 15.2 Å². The van der Waals surface area contributed by atoms with E-state index in [1.807, 2.05) is 30.3 Å². The molecule has 3 rings (SSSR count). The van der Waals surface area contributed by atoms with Gasteiger partial charge < -0.3 is 10.5 Å². The maximum atomic E-state index is 6.10. The van der Waals surface area contributed by atoms with Crippen LogP contribution in [0.1, 0.15) is 11.1 Å². The normalized spacial score (nSPS) is 10.7. The molecule has 5 nitrogen and oxygen atoms in total. The van der Waals surface area contributed by atoms with Crippen LogP contribution in [0.4, 0.5) is 5.13 Å². The van der Waals surface area contributed by atoms with Crippen LogP contribution >= 0.6 is 34.7 Å². The third-order valence-electron chi connectivity index (χ3n) is 2.91. The van der Waals surface area contributed by atoms with Crippen LogP contribution < -0.4 is 10.5 Å². The van der Waals surface area contributed by atoms with E-state index in [0.717, 1.165) is 21.2 Å². The van der Waals surface area contributed by atoms with Crippen molar-refractivity contribution in [3.63, 3.8) is 0 Å². The van der Waals surface area contributed by atoms with Gasteiger partial charge in [-0.2, -0.15) is 0 Å². The maximum absolute atomic E-state index is 6.10. The average Bonchev–Trinajstić information content (AvgIpc) is 2.98. The quantitative estimate of drug-likeness (QED) is 0.665. The lowest BCUT2D eigenvalue weighted by molar-refractivity contribution is 0.303. The zero-order chi connectivity index (χ0) is 16.1. The van der Waals surface area contributed by atoms with Gasteiger partial charge in [0.25, 0.3) is 0 Å². The lowest BCUT2D eigenvalue weighted by atomic mass is 10.2. The fraction of sp³-hybridized carbons (Fsp3) is 0.133. The van der Waals surface area contributed by atoms with Crippen LogP contribution in [0.5, 0.6) is 5.75 Å². The van der Waals surface area contributed by atoms with Crippen molar-refractivity contribution in [2.45, 2.75) is 16.7 Å². The van der Waals surface area contributed by atoms with Crippen molar-refractivity contribution in [2.75, 3.05) is 5.73 Å². The Morgan fingerprint density at radius 3 is 2.91 bits per heavy atom. The van der Waals surface area contributed by atoms with E-state index in [9.17, 15) is 0 Å². The molecule has 0 atom stereocenters. The van der Waals surface area contributed by atoms with Crippen LogP contribution in [-0.2, 0) is 12.4 Å². The van der Waals surface area contributed by atoms with Crippen LogP contribution in [0, 0.1) is 0 Å². The van der Waals surface area contributed by atoms with E-state index in [2.05, 4.69) is 15.2 Å².